The number of rotatable bonds is 9. The van der Waals surface area contributed by atoms with Crippen LogP contribution in [0.2, 0.25) is 0 Å². The second-order valence-electron chi connectivity index (χ2n) is 15.0. The van der Waals surface area contributed by atoms with Crippen LogP contribution in [0.3, 0.4) is 0 Å². The van der Waals surface area contributed by atoms with E-state index in [1.54, 1.807) is 6.92 Å². The number of hydrogen-bond donors (Lipinski definition) is 3. The average molecular weight is 601 g/mol. The van der Waals surface area contributed by atoms with Gasteiger partial charge in [0.15, 0.2) is 0 Å². The minimum Gasteiger partial charge on any atom is -0.393 e. The zero-order valence-electron chi connectivity index (χ0n) is 28.7. The first-order valence-electron chi connectivity index (χ1n) is 16.0. The van der Waals surface area contributed by atoms with Crippen molar-refractivity contribution in [1.29, 1.82) is 0 Å². The lowest BCUT2D eigenvalue weighted by molar-refractivity contribution is -0.0268. The van der Waals surface area contributed by atoms with Crippen LogP contribution in [0.1, 0.15) is 94.9 Å². The van der Waals surface area contributed by atoms with Gasteiger partial charge in [0, 0.05) is 23.8 Å². The number of hydrogen-bond acceptors (Lipinski definition) is 4. The molecule has 1 aliphatic heterocycles. The van der Waals surface area contributed by atoms with Crippen molar-refractivity contribution in [2.75, 3.05) is 0 Å². The highest BCUT2D eigenvalue weighted by Gasteiger charge is 2.74. The van der Waals surface area contributed by atoms with Gasteiger partial charge in [0.2, 0.25) is 0 Å². The first kappa shape index (κ1) is 35.8. The molecule has 0 radical (unpaired) electrons. The van der Waals surface area contributed by atoms with E-state index in [4.69, 9.17) is 4.74 Å². The van der Waals surface area contributed by atoms with Crippen LogP contribution in [0, 0.1) is 10.8 Å². The fourth-order valence-corrected chi connectivity index (χ4v) is 7.25. The van der Waals surface area contributed by atoms with E-state index in [1.165, 1.54) is 0 Å². The number of aliphatic hydroxyl groups is 3. The molecule has 5 atom stereocenters. The predicted molar refractivity (Wildman–Crippen MR) is 184 cm³/mol. The van der Waals surface area contributed by atoms with Crippen molar-refractivity contribution < 1.29 is 20.1 Å². The highest BCUT2D eigenvalue weighted by molar-refractivity contribution is 5.37. The number of aliphatic hydroxyl groups excluding tert-OH is 2. The van der Waals surface area contributed by atoms with E-state index < -0.39 is 11.7 Å². The third-order valence-electron chi connectivity index (χ3n) is 9.39. The summed E-state index contributed by atoms with van der Waals surface area (Å²) < 4.78 is 6.24. The molecular weight excluding hydrogens is 544 g/mol. The van der Waals surface area contributed by atoms with Gasteiger partial charge in [-0.05, 0) is 77.5 Å². The molecule has 1 heterocycles. The molecule has 3 N–H and O–H groups in total. The number of fused-ring (bicyclic) bond motifs is 1. The highest BCUT2D eigenvalue weighted by atomic mass is 16.6. The molecule has 1 saturated heterocycles. The standard InChI is InChI=1S/C40H56O4/c1-29(17-13-19-31(3)21-22-35-36(5,6)25-33(41)27-38(35,9)43)15-11-12-16-30(2)18-14-20-32(4)23-24-40-37(7,8)26-34(42)28-39(40,10)44-40/h11-21,23-24,33-34,41-43H,25-28H2,1-10H3/b12-11+,17-13+,18-14+,24-23+,29-15+,30-16+,31-19+,32-20+/t22?,33-,34-,38+,39+,40-/m0/s1. The number of epoxide rings is 1. The Bertz CT molecular complexity index is 1360. The zero-order chi connectivity index (χ0) is 33.0. The van der Waals surface area contributed by atoms with Crippen molar-refractivity contribution >= 4 is 0 Å². The van der Waals surface area contributed by atoms with Gasteiger partial charge >= 0.3 is 0 Å². The van der Waals surface area contributed by atoms with Crippen LogP contribution < -0.4 is 0 Å². The molecule has 0 amide bonds. The van der Waals surface area contributed by atoms with E-state index in [2.05, 4.69) is 110 Å². The van der Waals surface area contributed by atoms with Crippen LogP contribution in [0.5, 0.6) is 0 Å². The summed E-state index contributed by atoms with van der Waals surface area (Å²) in [7, 11) is 0. The molecule has 0 aromatic heterocycles. The Morgan fingerprint density at radius 2 is 1.18 bits per heavy atom. The first-order valence-corrected chi connectivity index (χ1v) is 16.0. The lowest BCUT2D eigenvalue weighted by Crippen LogP contribution is -2.46. The normalized spacial score (nSPS) is 34.7. The summed E-state index contributed by atoms with van der Waals surface area (Å²) in [6.07, 6.45) is 28.5. The van der Waals surface area contributed by atoms with E-state index in [9.17, 15) is 15.3 Å². The molecule has 4 heteroatoms. The Kier molecular flexibility index (Phi) is 11.2. The van der Waals surface area contributed by atoms with Crippen molar-refractivity contribution in [3.63, 3.8) is 0 Å². The molecule has 4 nitrogen and oxygen atoms in total. The molecule has 240 valence electrons. The molecule has 0 aromatic carbocycles. The maximum absolute atomic E-state index is 10.9. The summed E-state index contributed by atoms with van der Waals surface area (Å²) in [5.41, 5.74) is 6.63. The van der Waals surface area contributed by atoms with Gasteiger partial charge in [0.05, 0.1) is 17.8 Å². The van der Waals surface area contributed by atoms with Crippen LogP contribution >= 0.6 is 0 Å². The second kappa shape index (κ2) is 13.7. The molecule has 3 fully saturated rings. The number of ether oxygens (including phenoxy) is 1. The van der Waals surface area contributed by atoms with E-state index in [1.807, 2.05) is 37.3 Å². The van der Waals surface area contributed by atoms with Crippen molar-refractivity contribution in [1.82, 2.24) is 0 Å². The van der Waals surface area contributed by atoms with Gasteiger partial charge < -0.3 is 20.1 Å². The second-order valence-corrected chi connectivity index (χ2v) is 15.0. The van der Waals surface area contributed by atoms with Crippen molar-refractivity contribution in [2.24, 2.45) is 10.8 Å². The summed E-state index contributed by atoms with van der Waals surface area (Å²) >= 11 is 0. The van der Waals surface area contributed by atoms with Crippen LogP contribution in [0.25, 0.3) is 0 Å². The van der Waals surface area contributed by atoms with E-state index in [-0.39, 0.29) is 28.1 Å². The fourth-order valence-electron chi connectivity index (χ4n) is 7.25. The predicted octanol–water partition coefficient (Wildman–Crippen LogP) is 8.72. The molecule has 2 aliphatic carbocycles. The highest BCUT2D eigenvalue weighted by Crippen LogP contribution is 2.66. The summed E-state index contributed by atoms with van der Waals surface area (Å²) in [6.45, 7) is 20.6. The lowest BCUT2D eigenvalue weighted by atomic mass is 9.63. The van der Waals surface area contributed by atoms with Crippen LogP contribution in [0.15, 0.2) is 113 Å². The van der Waals surface area contributed by atoms with Crippen molar-refractivity contribution in [2.45, 2.75) is 124 Å². The van der Waals surface area contributed by atoms with Gasteiger partial charge in [-0.15, -0.1) is 5.73 Å². The molecule has 0 aromatic rings. The quantitative estimate of drug-likeness (QED) is 0.141. The van der Waals surface area contributed by atoms with E-state index in [0.717, 1.165) is 34.3 Å². The van der Waals surface area contributed by atoms with Crippen molar-refractivity contribution in [3.8, 4) is 0 Å². The van der Waals surface area contributed by atoms with E-state index >= 15 is 0 Å². The number of allylic oxidation sites excluding steroid dienone is 15. The zero-order valence-corrected chi connectivity index (χ0v) is 28.7. The van der Waals surface area contributed by atoms with Crippen LogP contribution in [0.4, 0.5) is 0 Å². The third kappa shape index (κ3) is 8.71. The van der Waals surface area contributed by atoms with Crippen LogP contribution in [-0.2, 0) is 4.74 Å². The van der Waals surface area contributed by atoms with Crippen molar-refractivity contribution in [3.05, 3.63) is 113 Å². The molecule has 0 spiro atoms. The summed E-state index contributed by atoms with van der Waals surface area (Å²) in [5, 5.41) is 31.2. The van der Waals surface area contributed by atoms with Gasteiger partial charge in [-0.25, -0.2) is 0 Å². The van der Waals surface area contributed by atoms with Gasteiger partial charge in [-0.2, -0.15) is 0 Å². The van der Waals surface area contributed by atoms with E-state index in [0.29, 0.717) is 19.3 Å². The smallest absolute Gasteiger partial charge is 0.121 e. The monoisotopic (exact) mass is 600 g/mol. The molecule has 44 heavy (non-hydrogen) atoms. The van der Waals surface area contributed by atoms with Crippen LogP contribution in [-0.4, -0.2) is 44.3 Å². The molecular formula is C40H56O4. The minimum atomic E-state index is -1.05. The summed E-state index contributed by atoms with van der Waals surface area (Å²) in [5.74, 6) is 0. The Morgan fingerprint density at radius 3 is 1.73 bits per heavy atom. The summed E-state index contributed by atoms with van der Waals surface area (Å²) in [4.78, 5) is 0. The third-order valence-corrected chi connectivity index (χ3v) is 9.39. The maximum atomic E-state index is 10.9. The maximum Gasteiger partial charge on any atom is 0.121 e. The molecule has 2 saturated carbocycles. The molecule has 3 aliphatic rings. The van der Waals surface area contributed by atoms with Gasteiger partial charge in [-0.1, -0.05) is 111 Å². The minimum absolute atomic E-state index is 0.103. The topological polar surface area (TPSA) is 73.2 Å². The first-order chi connectivity index (χ1) is 20.3. The average Bonchev–Trinajstić information content (AvgIpc) is 3.49. The Morgan fingerprint density at radius 1 is 0.682 bits per heavy atom. The fraction of sp³-hybridized carbons (Fsp3) is 0.525. The van der Waals surface area contributed by atoms with Gasteiger partial charge in [0.25, 0.3) is 0 Å². The Balaban J connectivity index is 1.53. The summed E-state index contributed by atoms with van der Waals surface area (Å²) in [6, 6.07) is 0. The largest absolute Gasteiger partial charge is 0.393 e. The molecule has 3 rings (SSSR count). The molecule has 0 bridgehead atoms. The SMILES string of the molecule is C\C(C=C=C1C(C)(C)C[C@H](O)C[C@@]1(C)O)=C/C=C/C(C)=C/C=C/C=C(C)/C=C/C=C(C)/C=C/[C@@]12O[C@]1(C)C[C@@H](O)CC2(C)C. The molecule has 0 unspecified atom stereocenters. The van der Waals surface area contributed by atoms with Gasteiger partial charge in [0.1, 0.15) is 11.2 Å². The van der Waals surface area contributed by atoms with Gasteiger partial charge in [-0.3, -0.25) is 0 Å². The Hall–Kier alpha value is -2.72. The Labute approximate surface area is 267 Å². The lowest BCUT2D eigenvalue weighted by Gasteiger charge is -2.43.